The van der Waals surface area contributed by atoms with E-state index in [1.165, 1.54) is 0 Å². The van der Waals surface area contributed by atoms with Crippen molar-refractivity contribution in [3.8, 4) is 17.2 Å². The Balaban J connectivity index is 0. The molecular formula is C17H26N5O13P. The van der Waals surface area contributed by atoms with Gasteiger partial charge in [-0.3, -0.25) is 44.7 Å². The van der Waals surface area contributed by atoms with Gasteiger partial charge in [-0.05, 0) is 0 Å². The van der Waals surface area contributed by atoms with Crippen molar-refractivity contribution in [1.82, 2.24) is 16.2 Å². The summed E-state index contributed by atoms with van der Waals surface area (Å²) in [5.74, 6) is 4.65. The standard InChI is InChI=1S/C9H12NO7P.C4H8N4O2.C4H6O4/c11-6-1-7(12)3-8(2-6)17-9(13)4-10-5-18(14,15)16;5-7-3(9)1-2-4(10)8-6;5-3(6)1-2-4(7)8/h1-3,10-12H,4-5H2,(H2,14,15,16);1-2H,5-6H2,(H,7,9)(H,8,10);1-2H2,(H,5,6)(H,7,8)/b;2-1-;. The Morgan fingerprint density at radius 3 is 1.61 bits per heavy atom. The van der Waals surface area contributed by atoms with E-state index >= 15 is 0 Å². The first kappa shape index (κ1) is 34.1. The maximum Gasteiger partial charge on any atom is 0.339 e. The number of esters is 1. The van der Waals surface area contributed by atoms with Crippen LogP contribution in [0, 0.1) is 0 Å². The molecule has 0 saturated heterocycles. The average molecular weight is 539 g/mol. The summed E-state index contributed by atoms with van der Waals surface area (Å²) in [7, 11) is -4.22. The number of hydrazine groups is 2. The molecule has 0 fully saturated rings. The molecule has 0 bridgehead atoms. The molecule has 1 aromatic carbocycles. The highest BCUT2D eigenvalue weighted by atomic mass is 31.2. The number of hydrogen-bond acceptors (Lipinski definition) is 12. The van der Waals surface area contributed by atoms with Crippen LogP contribution in [0.2, 0.25) is 0 Å². The van der Waals surface area contributed by atoms with E-state index in [-0.39, 0.29) is 30.1 Å². The van der Waals surface area contributed by atoms with Crippen LogP contribution in [-0.4, -0.2) is 72.8 Å². The number of hydrogen-bond donors (Lipinski definition) is 11. The smallest absolute Gasteiger partial charge is 0.339 e. The first-order chi connectivity index (χ1) is 16.6. The molecule has 0 heterocycles. The van der Waals surface area contributed by atoms with E-state index in [2.05, 4.69) is 17.0 Å². The predicted molar refractivity (Wildman–Crippen MR) is 119 cm³/mol. The molecule has 19 heteroatoms. The van der Waals surface area contributed by atoms with E-state index in [1.807, 2.05) is 0 Å². The number of phenolic OH excluding ortho intramolecular Hbond substituents is 2. The number of phenols is 2. The summed E-state index contributed by atoms with van der Waals surface area (Å²) in [6.07, 6.45) is 0.683. The average Bonchev–Trinajstić information content (AvgIpc) is 2.75. The molecular weight excluding hydrogens is 513 g/mol. The minimum absolute atomic E-state index is 0.0736. The van der Waals surface area contributed by atoms with Crippen LogP contribution in [0.3, 0.4) is 0 Å². The second-order valence-electron chi connectivity index (χ2n) is 6.05. The van der Waals surface area contributed by atoms with Crippen molar-refractivity contribution in [3.63, 3.8) is 0 Å². The van der Waals surface area contributed by atoms with Crippen molar-refractivity contribution >= 4 is 37.3 Å². The number of carbonyl (C=O) groups excluding carboxylic acids is 3. The molecule has 202 valence electrons. The van der Waals surface area contributed by atoms with Crippen LogP contribution in [0.4, 0.5) is 0 Å². The van der Waals surface area contributed by atoms with E-state index in [4.69, 9.17) is 34.9 Å². The molecule has 0 saturated carbocycles. The van der Waals surface area contributed by atoms with Crippen molar-refractivity contribution in [2.24, 2.45) is 11.7 Å². The van der Waals surface area contributed by atoms with Crippen LogP contribution in [0.1, 0.15) is 12.8 Å². The molecule has 0 spiro atoms. The van der Waals surface area contributed by atoms with Crippen molar-refractivity contribution < 1.29 is 63.5 Å². The Morgan fingerprint density at radius 1 is 0.861 bits per heavy atom. The maximum absolute atomic E-state index is 11.2. The third-order valence-electron chi connectivity index (χ3n) is 2.92. The third kappa shape index (κ3) is 23.1. The summed E-state index contributed by atoms with van der Waals surface area (Å²) >= 11 is 0. The molecule has 0 radical (unpaired) electrons. The quantitative estimate of drug-likeness (QED) is 0.0272. The highest BCUT2D eigenvalue weighted by molar-refractivity contribution is 7.51. The Hall–Kier alpha value is -4.06. The summed E-state index contributed by atoms with van der Waals surface area (Å²) in [4.78, 5) is 68.1. The first-order valence-electron chi connectivity index (χ1n) is 9.21. The third-order valence-corrected chi connectivity index (χ3v) is 3.55. The van der Waals surface area contributed by atoms with Gasteiger partial charge in [-0.15, -0.1) is 0 Å². The van der Waals surface area contributed by atoms with Gasteiger partial charge in [0.05, 0.1) is 25.7 Å². The number of carboxylic acids is 2. The van der Waals surface area contributed by atoms with Gasteiger partial charge in [0, 0.05) is 30.4 Å². The number of rotatable bonds is 10. The zero-order valence-corrected chi connectivity index (χ0v) is 19.3. The maximum atomic E-state index is 11.2. The molecule has 1 rings (SSSR count). The van der Waals surface area contributed by atoms with Gasteiger partial charge < -0.3 is 34.9 Å². The Bertz CT molecular complexity index is 927. The predicted octanol–water partition coefficient (Wildman–Crippen LogP) is -2.81. The molecule has 0 aliphatic heterocycles. The molecule has 0 aliphatic carbocycles. The van der Waals surface area contributed by atoms with Crippen LogP contribution >= 0.6 is 7.60 Å². The van der Waals surface area contributed by atoms with Gasteiger partial charge in [-0.1, -0.05) is 0 Å². The summed E-state index contributed by atoms with van der Waals surface area (Å²) in [6, 6.07) is 3.28. The summed E-state index contributed by atoms with van der Waals surface area (Å²) in [6.45, 7) is -0.415. The largest absolute Gasteiger partial charge is 0.508 e. The molecule has 0 aliphatic rings. The summed E-state index contributed by atoms with van der Waals surface area (Å²) in [5.41, 5.74) is 3.60. The minimum atomic E-state index is -4.22. The van der Waals surface area contributed by atoms with Crippen LogP contribution in [0.15, 0.2) is 30.4 Å². The normalized spacial score (nSPS) is 10.1. The number of amides is 2. The SMILES string of the molecule is NNC(=O)/C=C\C(=O)NN.O=C(CNCP(=O)(O)O)Oc1cc(O)cc(O)c1.O=C(O)CCC(=O)O. The number of aliphatic carboxylic acids is 2. The fourth-order valence-electron chi connectivity index (χ4n) is 1.56. The summed E-state index contributed by atoms with van der Waals surface area (Å²) in [5, 5.41) is 36.2. The van der Waals surface area contributed by atoms with Gasteiger partial charge in [0.2, 0.25) is 0 Å². The van der Waals surface area contributed by atoms with E-state index in [0.717, 1.165) is 30.4 Å². The Morgan fingerprint density at radius 2 is 1.28 bits per heavy atom. The second kappa shape index (κ2) is 18.3. The minimum Gasteiger partial charge on any atom is -0.508 e. The lowest BCUT2D eigenvalue weighted by Gasteiger charge is -2.07. The highest BCUT2D eigenvalue weighted by Gasteiger charge is 2.13. The topological polar surface area (TPSA) is 321 Å². The highest BCUT2D eigenvalue weighted by Crippen LogP contribution is 2.31. The number of ether oxygens (including phenoxy) is 1. The molecule has 0 aromatic heterocycles. The van der Waals surface area contributed by atoms with Gasteiger partial charge in [0.15, 0.2) is 0 Å². The first-order valence-corrected chi connectivity index (χ1v) is 11.0. The second-order valence-corrected chi connectivity index (χ2v) is 7.69. The van der Waals surface area contributed by atoms with Crippen molar-refractivity contribution in [1.29, 1.82) is 0 Å². The molecule has 1 aromatic rings. The Labute approximate surface area is 202 Å². The molecule has 36 heavy (non-hydrogen) atoms. The fraction of sp³-hybridized carbons (Fsp3) is 0.235. The van der Waals surface area contributed by atoms with Gasteiger partial charge >= 0.3 is 25.5 Å². The lowest BCUT2D eigenvalue weighted by atomic mass is 10.3. The lowest BCUT2D eigenvalue weighted by molar-refractivity contribution is -0.143. The lowest BCUT2D eigenvalue weighted by Crippen LogP contribution is -2.30. The molecule has 0 atom stereocenters. The van der Waals surface area contributed by atoms with Gasteiger partial charge in [-0.25, -0.2) is 11.7 Å². The van der Waals surface area contributed by atoms with Crippen LogP contribution in [0.25, 0.3) is 0 Å². The molecule has 13 N–H and O–H groups in total. The number of carboxylic acid groups (broad SMARTS) is 2. The van der Waals surface area contributed by atoms with Gasteiger partial charge in [0.1, 0.15) is 17.2 Å². The van der Waals surface area contributed by atoms with Crippen molar-refractivity contribution in [3.05, 3.63) is 30.4 Å². The van der Waals surface area contributed by atoms with E-state index in [0.29, 0.717) is 0 Å². The van der Waals surface area contributed by atoms with Gasteiger partial charge in [-0.2, -0.15) is 0 Å². The monoisotopic (exact) mass is 539 g/mol. The molecule has 18 nitrogen and oxygen atoms in total. The number of nitrogens with two attached hydrogens (primary N) is 2. The van der Waals surface area contributed by atoms with E-state index in [9.17, 15) is 28.5 Å². The molecule has 2 amide bonds. The van der Waals surface area contributed by atoms with E-state index < -0.39 is 50.1 Å². The summed E-state index contributed by atoms with van der Waals surface area (Å²) < 4.78 is 15.2. The Kier molecular flexibility index (Phi) is 17.3. The van der Waals surface area contributed by atoms with Crippen LogP contribution in [0.5, 0.6) is 17.2 Å². The zero-order chi connectivity index (χ0) is 28.3. The number of carbonyl (C=O) groups is 5. The number of benzene rings is 1. The van der Waals surface area contributed by atoms with E-state index in [1.54, 1.807) is 10.9 Å². The van der Waals surface area contributed by atoms with Crippen LogP contribution < -0.4 is 32.6 Å². The van der Waals surface area contributed by atoms with Crippen molar-refractivity contribution in [2.75, 3.05) is 12.8 Å². The van der Waals surface area contributed by atoms with Crippen LogP contribution in [-0.2, 0) is 28.5 Å². The van der Waals surface area contributed by atoms with Gasteiger partial charge in [0.25, 0.3) is 11.8 Å². The number of nitrogens with one attached hydrogen (secondary N) is 3. The zero-order valence-electron chi connectivity index (χ0n) is 18.4. The molecule has 0 unspecified atom stereocenters. The van der Waals surface area contributed by atoms with Crippen molar-refractivity contribution in [2.45, 2.75) is 12.8 Å². The fourth-order valence-corrected chi connectivity index (χ4v) is 1.96. The number of aromatic hydroxyl groups is 2.